The van der Waals surface area contributed by atoms with Crippen molar-refractivity contribution in [2.45, 2.75) is 53.1 Å². The standard InChI is InChI=1S/C32H34FN5OS/c1-19-16-20(2)30(21(3)17-19)38-22(4)18-26(23(38)5)31-29(27-8-6-7-14-34-27)36-32(40)37(31)15-13-28(39)35-25-11-9-24(33)10-12-25/h6-12,14,16-18,29,31H,13,15H2,1-5H3,(H,35,39)(H,36,40)/t29-,31+/m1/s1. The van der Waals surface area contributed by atoms with Crippen LogP contribution in [0, 0.1) is 40.4 Å². The van der Waals surface area contributed by atoms with Gasteiger partial charge in [0.05, 0.1) is 23.5 Å². The van der Waals surface area contributed by atoms with E-state index in [1.807, 2.05) is 18.2 Å². The Hall–Kier alpha value is -4.04. The van der Waals surface area contributed by atoms with Crippen molar-refractivity contribution in [2.75, 3.05) is 11.9 Å². The van der Waals surface area contributed by atoms with Crippen LogP contribution in [-0.4, -0.2) is 32.0 Å². The molecule has 206 valence electrons. The third-order valence-corrected chi connectivity index (χ3v) is 7.91. The van der Waals surface area contributed by atoms with E-state index in [1.54, 1.807) is 18.3 Å². The van der Waals surface area contributed by atoms with Crippen molar-refractivity contribution in [1.82, 2.24) is 19.8 Å². The maximum Gasteiger partial charge on any atom is 0.226 e. The fourth-order valence-corrected chi connectivity index (χ4v) is 6.25. The Morgan fingerprint density at radius 2 is 1.73 bits per heavy atom. The lowest BCUT2D eigenvalue weighted by Gasteiger charge is -2.28. The number of nitrogens with zero attached hydrogens (tertiary/aromatic N) is 3. The number of thiocarbonyl (C=S) groups is 1. The Labute approximate surface area is 240 Å². The quantitative estimate of drug-likeness (QED) is 0.253. The van der Waals surface area contributed by atoms with Crippen molar-refractivity contribution in [3.63, 3.8) is 0 Å². The minimum atomic E-state index is -0.344. The van der Waals surface area contributed by atoms with E-state index in [2.05, 4.69) is 77.9 Å². The molecule has 0 saturated carbocycles. The highest BCUT2D eigenvalue weighted by molar-refractivity contribution is 7.80. The summed E-state index contributed by atoms with van der Waals surface area (Å²) < 4.78 is 15.6. The summed E-state index contributed by atoms with van der Waals surface area (Å²) in [6.07, 6.45) is 2.01. The van der Waals surface area contributed by atoms with E-state index in [0.717, 1.165) is 22.6 Å². The number of hydrogen-bond acceptors (Lipinski definition) is 3. The smallest absolute Gasteiger partial charge is 0.226 e. The summed E-state index contributed by atoms with van der Waals surface area (Å²) in [5.74, 6) is -0.505. The molecule has 0 spiro atoms. The van der Waals surface area contributed by atoms with Crippen molar-refractivity contribution >= 4 is 28.9 Å². The van der Waals surface area contributed by atoms with Crippen LogP contribution in [-0.2, 0) is 4.79 Å². The Morgan fingerprint density at radius 1 is 1.02 bits per heavy atom. The van der Waals surface area contributed by atoms with Gasteiger partial charge >= 0.3 is 0 Å². The number of anilines is 1. The van der Waals surface area contributed by atoms with E-state index in [4.69, 9.17) is 12.2 Å². The Balaban J connectivity index is 1.50. The van der Waals surface area contributed by atoms with Crippen LogP contribution in [0.25, 0.3) is 5.69 Å². The fraction of sp³-hybridized carbons (Fsp3) is 0.281. The highest BCUT2D eigenvalue weighted by Gasteiger charge is 2.41. The number of nitrogens with one attached hydrogen (secondary N) is 2. The zero-order valence-electron chi connectivity index (χ0n) is 23.5. The Kier molecular flexibility index (Phi) is 7.72. The predicted molar refractivity (Wildman–Crippen MR) is 161 cm³/mol. The topological polar surface area (TPSA) is 62.2 Å². The first-order valence-corrected chi connectivity index (χ1v) is 13.9. The second-order valence-electron chi connectivity index (χ2n) is 10.5. The van der Waals surface area contributed by atoms with Gasteiger partial charge in [-0.3, -0.25) is 9.78 Å². The summed E-state index contributed by atoms with van der Waals surface area (Å²) in [7, 11) is 0. The van der Waals surface area contributed by atoms with Crippen LogP contribution in [0.15, 0.2) is 66.9 Å². The van der Waals surface area contributed by atoms with Gasteiger partial charge in [-0.25, -0.2) is 4.39 Å². The van der Waals surface area contributed by atoms with Gasteiger partial charge in [-0.1, -0.05) is 23.8 Å². The molecule has 2 atom stereocenters. The van der Waals surface area contributed by atoms with Gasteiger partial charge in [-0.05, 0) is 106 Å². The molecular weight excluding hydrogens is 521 g/mol. The fourth-order valence-electron chi connectivity index (χ4n) is 5.92. The summed E-state index contributed by atoms with van der Waals surface area (Å²) in [5.41, 5.74) is 9.73. The molecule has 2 aromatic carbocycles. The SMILES string of the molecule is Cc1cc(C)c(-n2c(C)cc([C@H]3[C@@H](c4ccccn4)NC(=S)N3CCC(=O)Nc3ccc(F)cc3)c2C)c(C)c1. The molecule has 1 saturated heterocycles. The van der Waals surface area contributed by atoms with Crippen LogP contribution >= 0.6 is 12.2 Å². The Morgan fingerprint density at radius 3 is 2.38 bits per heavy atom. The van der Waals surface area contributed by atoms with Gasteiger partial charge in [0, 0.05) is 36.2 Å². The number of halogens is 1. The van der Waals surface area contributed by atoms with Gasteiger partial charge < -0.3 is 20.1 Å². The average molecular weight is 556 g/mol. The van der Waals surface area contributed by atoms with Crippen LogP contribution in [0.5, 0.6) is 0 Å². The highest BCUT2D eigenvalue weighted by Crippen LogP contribution is 2.42. The number of hydrogen-bond donors (Lipinski definition) is 2. The predicted octanol–water partition coefficient (Wildman–Crippen LogP) is 6.55. The van der Waals surface area contributed by atoms with Crippen molar-refractivity contribution in [1.29, 1.82) is 0 Å². The number of amides is 1. The largest absolute Gasteiger partial charge is 0.352 e. The van der Waals surface area contributed by atoms with Gasteiger partial charge in [0.2, 0.25) is 5.91 Å². The molecule has 4 aromatic rings. The molecule has 2 N–H and O–H groups in total. The molecule has 8 heteroatoms. The average Bonchev–Trinajstić information content (AvgIpc) is 3.39. The molecule has 1 fully saturated rings. The molecule has 2 aromatic heterocycles. The molecule has 6 nitrogen and oxygen atoms in total. The van der Waals surface area contributed by atoms with Gasteiger partial charge in [0.15, 0.2) is 5.11 Å². The Bertz CT molecular complexity index is 1540. The minimum absolute atomic E-state index is 0.160. The molecule has 5 rings (SSSR count). The molecule has 1 amide bonds. The normalized spacial score (nSPS) is 16.8. The molecule has 0 aliphatic carbocycles. The molecule has 0 unspecified atom stereocenters. The first-order valence-electron chi connectivity index (χ1n) is 13.4. The summed E-state index contributed by atoms with van der Waals surface area (Å²) in [4.78, 5) is 19.6. The minimum Gasteiger partial charge on any atom is -0.352 e. The third-order valence-electron chi connectivity index (χ3n) is 7.55. The second kappa shape index (κ2) is 11.2. The monoisotopic (exact) mass is 555 g/mol. The first-order chi connectivity index (χ1) is 19.1. The molecule has 0 radical (unpaired) electrons. The molecular formula is C32H34FN5OS. The zero-order chi connectivity index (χ0) is 28.6. The maximum absolute atomic E-state index is 13.3. The number of carbonyl (C=O) groups is 1. The van der Waals surface area contributed by atoms with E-state index >= 15 is 0 Å². The number of aryl methyl sites for hydroxylation is 4. The van der Waals surface area contributed by atoms with Crippen molar-refractivity contribution < 1.29 is 9.18 Å². The van der Waals surface area contributed by atoms with Crippen LogP contribution in [0.1, 0.15) is 57.8 Å². The molecule has 40 heavy (non-hydrogen) atoms. The lowest BCUT2D eigenvalue weighted by Crippen LogP contribution is -2.32. The van der Waals surface area contributed by atoms with Gasteiger partial charge in [-0.15, -0.1) is 0 Å². The van der Waals surface area contributed by atoms with Gasteiger partial charge in [0.25, 0.3) is 0 Å². The lowest BCUT2D eigenvalue weighted by molar-refractivity contribution is -0.116. The van der Waals surface area contributed by atoms with Crippen LogP contribution < -0.4 is 10.6 Å². The van der Waals surface area contributed by atoms with Gasteiger partial charge in [-0.2, -0.15) is 0 Å². The first kappa shape index (κ1) is 27.5. The molecule has 1 aliphatic heterocycles. The molecule has 3 heterocycles. The number of benzene rings is 2. The van der Waals surface area contributed by atoms with Crippen molar-refractivity contribution in [3.05, 3.63) is 112 Å². The molecule has 1 aliphatic rings. The number of rotatable bonds is 7. The second-order valence-corrected chi connectivity index (χ2v) is 10.9. The van der Waals surface area contributed by atoms with E-state index in [-0.39, 0.29) is 30.2 Å². The summed E-state index contributed by atoms with van der Waals surface area (Å²) >= 11 is 5.83. The summed E-state index contributed by atoms with van der Waals surface area (Å²) in [6, 6.07) is 18.0. The van der Waals surface area contributed by atoms with E-state index in [1.165, 1.54) is 34.5 Å². The zero-order valence-corrected chi connectivity index (χ0v) is 24.3. The maximum atomic E-state index is 13.3. The van der Waals surface area contributed by atoms with Crippen LogP contribution in [0.3, 0.4) is 0 Å². The highest BCUT2D eigenvalue weighted by atomic mass is 32.1. The van der Waals surface area contributed by atoms with E-state index < -0.39 is 0 Å². The molecule has 0 bridgehead atoms. The van der Waals surface area contributed by atoms with Gasteiger partial charge in [0.1, 0.15) is 5.82 Å². The van der Waals surface area contributed by atoms with E-state index in [9.17, 15) is 9.18 Å². The number of aromatic nitrogens is 2. The van der Waals surface area contributed by atoms with Crippen molar-refractivity contribution in [3.8, 4) is 5.69 Å². The van der Waals surface area contributed by atoms with Crippen molar-refractivity contribution in [2.24, 2.45) is 0 Å². The van der Waals surface area contributed by atoms with Crippen LogP contribution in [0.4, 0.5) is 10.1 Å². The van der Waals surface area contributed by atoms with Crippen LogP contribution in [0.2, 0.25) is 0 Å². The lowest BCUT2D eigenvalue weighted by atomic mass is 9.96. The summed E-state index contributed by atoms with van der Waals surface area (Å²) in [6.45, 7) is 11.1. The third kappa shape index (κ3) is 5.36. The van der Waals surface area contributed by atoms with E-state index in [0.29, 0.717) is 17.3 Å². The number of pyridine rings is 1. The summed E-state index contributed by atoms with van der Waals surface area (Å²) in [5, 5.41) is 6.93. The number of carbonyl (C=O) groups excluding carboxylic acids is 1.